The zero-order valence-electron chi connectivity index (χ0n) is 48.5. The molecule has 0 radical (unpaired) electrons. The lowest BCUT2D eigenvalue weighted by Crippen LogP contribution is -2.30. The van der Waals surface area contributed by atoms with Gasteiger partial charge in [0.05, 0.1) is 0 Å². The monoisotopic (exact) mass is 1010 g/mol. The van der Waals surface area contributed by atoms with E-state index in [9.17, 15) is 14.4 Å². The molecule has 0 heterocycles. The number of hydrogen-bond donors (Lipinski definition) is 0. The molecule has 0 saturated carbocycles. The fourth-order valence-electron chi connectivity index (χ4n) is 9.53. The van der Waals surface area contributed by atoms with E-state index < -0.39 is 6.10 Å². The molecular weight excluding hydrogens is 889 g/mol. The van der Waals surface area contributed by atoms with Gasteiger partial charge >= 0.3 is 17.9 Å². The van der Waals surface area contributed by atoms with E-state index in [4.69, 9.17) is 14.2 Å². The van der Waals surface area contributed by atoms with Crippen LogP contribution in [-0.4, -0.2) is 37.2 Å². The van der Waals surface area contributed by atoms with Crippen molar-refractivity contribution in [2.24, 2.45) is 0 Å². The second-order valence-corrected chi connectivity index (χ2v) is 21.7. The maximum absolute atomic E-state index is 12.9. The van der Waals surface area contributed by atoms with Crippen LogP contribution in [0, 0.1) is 0 Å². The van der Waals surface area contributed by atoms with Crippen molar-refractivity contribution in [3.05, 3.63) is 36.5 Å². The number of carbonyl (C=O) groups excluding carboxylic acids is 3. The number of rotatable bonds is 59. The SMILES string of the molecule is CCCCCC/C=C\C/C=C\CCCCCCCC(=O)OCC(COC(=O)CCCCCCCCCCC/C=C\CCCCCCCCCC)OC(=O)CCCCCCCCCCCCCCCCCCC. The van der Waals surface area contributed by atoms with Gasteiger partial charge in [-0.25, -0.2) is 0 Å². The van der Waals surface area contributed by atoms with Gasteiger partial charge in [0, 0.05) is 19.3 Å². The predicted octanol–water partition coefficient (Wildman–Crippen LogP) is 21.6. The van der Waals surface area contributed by atoms with Crippen LogP contribution < -0.4 is 0 Å². The molecular formula is C66H122O6. The van der Waals surface area contributed by atoms with Gasteiger partial charge in [-0.2, -0.15) is 0 Å². The Balaban J connectivity index is 4.33. The summed E-state index contributed by atoms with van der Waals surface area (Å²) in [6.07, 6.45) is 74.3. The summed E-state index contributed by atoms with van der Waals surface area (Å²) in [5.41, 5.74) is 0. The molecule has 0 bridgehead atoms. The summed E-state index contributed by atoms with van der Waals surface area (Å²) in [5, 5.41) is 0. The first-order valence-corrected chi connectivity index (χ1v) is 32.0. The maximum Gasteiger partial charge on any atom is 0.306 e. The van der Waals surface area contributed by atoms with Crippen molar-refractivity contribution >= 4 is 17.9 Å². The van der Waals surface area contributed by atoms with Crippen molar-refractivity contribution in [2.75, 3.05) is 13.2 Å². The molecule has 72 heavy (non-hydrogen) atoms. The van der Waals surface area contributed by atoms with Crippen LogP contribution in [0.4, 0.5) is 0 Å². The van der Waals surface area contributed by atoms with Crippen LogP contribution >= 0.6 is 0 Å². The number of esters is 3. The molecule has 0 fully saturated rings. The van der Waals surface area contributed by atoms with Crippen molar-refractivity contribution in [2.45, 2.75) is 354 Å². The van der Waals surface area contributed by atoms with E-state index in [1.807, 2.05) is 0 Å². The van der Waals surface area contributed by atoms with E-state index in [0.717, 1.165) is 77.0 Å². The largest absolute Gasteiger partial charge is 0.462 e. The van der Waals surface area contributed by atoms with Crippen LogP contribution in [0.5, 0.6) is 0 Å². The number of unbranched alkanes of at least 4 members (excludes halogenated alkanes) is 42. The summed E-state index contributed by atoms with van der Waals surface area (Å²) >= 11 is 0. The van der Waals surface area contributed by atoms with Gasteiger partial charge in [-0.3, -0.25) is 14.4 Å². The molecule has 0 aromatic carbocycles. The molecule has 0 aliphatic rings. The number of allylic oxidation sites excluding steroid dienone is 6. The molecule has 0 aliphatic heterocycles. The molecule has 0 saturated heterocycles. The molecule has 0 aromatic heterocycles. The second kappa shape index (κ2) is 61.2. The Morgan fingerprint density at radius 2 is 0.500 bits per heavy atom. The third-order valence-electron chi connectivity index (χ3n) is 14.4. The van der Waals surface area contributed by atoms with Gasteiger partial charge in [-0.05, 0) is 77.0 Å². The van der Waals surface area contributed by atoms with Crippen molar-refractivity contribution in [1.29, 1.82) is 0 Å². The van der Waals surface area contributed by atoms with Crippen LogP contribution in [-0.2, 0) is 28.6 Å². The predicted molar refractivity (Wildman–Crippen MR) is 312 cm³/mol. The molecule has 1 atom stereocenters. The third kappa shape index (κ3) is 58.5. The quantitative estimate of drug-likeness (QED) is 0.0261. The van der Waals surface area contributed by atoms with Gasteiger partial charge in [-0.15, -0.1) is 0 Å². The lowest BCUT2D eigenvalue weighted by molar-refractivity contribution is -0.167. The molecule has 0 aliphatic carbocycles. The molecule has 422 valence electrons. The summed E-state index contributed by atoms with van der Waals surface area (Å²) in [5.74, 6) is -0.866. The highest BCUT2D eigenvalue weighted by Gasteiger charge is 2.19. The zero-order chi connectivity index (χ0) is 52.2. The lowest BCUT2D eigenvalue weighted by atomic mass is 10.0. The molecule has 6 nitrogen and oxygen atoms in total. The first kappa shape index (κ1) is 69.6. The minimum atomic E-state index is -0.777. The van der Waals surface area contributed by atoms with Crippen LogP contribution in [0.2, 0.25) is 0 Å². The Morgan fingerprint density at radius 3 is 0.792 bits per heavy atom. The van der Waals surface area contributed by atoms with Gasteiger partial charge in [-0.1, -0.05) is 288 Å². The first-order valence-electron chi connectivity index (χ1n) is 32.0. The van der Waals surface area contributed by atoms with Crippen molar-refractivity contribution in [3.8, 4) is 0 Å². The molecule has 6 heteroatoms. The standard InChI is InChI=1S/C66H122O6/c1-4-7-10-13-16-19-22-25-28-31-32-33-34-36-38-41-44-47-50-53-56-59-65(68)71-62-63(61-70-64(67)58-55-52-49-46-43-40-37-30-27-24-21-18-15-12-9-6-3)72-66(69)60-57-54-51-48-45-42-39-35-29-26-23-20-17-14-11-8-5-2/h21,24,30-32,37,63H,4-20,22-23,25-29,33-36,38-62H2,1-3H3/b24-21-,32-31-,37-30-. The topological polar surface area (TPSA) is 78.9 Å². The number of carbonyl (C=O) groups is 3. The average molecular weight is 1010 g/mol. The minimum absolute atomic E-state index is 0.0737. The van der Waals surface area contributed by atoms with E-state index >= 15 is 0 Å². The van der Waals surface area contributed by atoms with Crippen molar-refractivity contribution < 1.29 is 28.6 Å². The van der Waals surface area contributed by atoms with Gasteiger partial charge < -0.3 is 14.2 Å². The van der Waals surface area contributed by atoms with E-state index in [1.54, 1.807) is 0 Å². The second-order valence-electron chi connectivity index (χ2n) is 21.7. The molecule has 0 aromatic rings. The van der Waals surface area contributed by atoms with Crippen LogP contribution in [0.1, 0.15) is 348 Å². The van der Waals surface area contributed by atoms with Gasteiger partial charge in [0.2, 0.25) is 0 Å². The maximum atomic E-state index is 12.9. The lowest BCUT2D eigenvalue weighted by Gasteiger charge is -2.18. The van der Waals surface area contributed by atoms with E-state index in [1.165, 1.54) is 231 Å². The highest BCUT2D eigenvalue weighted by molar-refractivity contribution is 5.71. The first-order chi connectivity index (χ1) is 35.5. The Kier molecular flexibility index (Phi) is 59.2. The number of ether oxygens (including phenoxy) is 3. The normalized spacial score (nSPS) is 12.2. The zero-order valence-corrected chi connectivity index (χ0v) is 48.5. The fraction of sp³-hybridized carbons (Fsp3) is 0.864. The highest BCUT2D eigenvalue weighted by atomic mass is 16.6. The Labute approximate surface area is 448 Å². The smallest absolute Gasteiger partial charge is 0.306 e. The summed E-state index contributed by atoms with van der Waals surface area (Å²) in [7, 11) is 0. The third-order valence-corrected chi connectivity index (χ3v) is 14.4. The highest BCUT2D eigenvalue weighted by Crippen LogP contribution is 2.17. The average Bonchev–Trinajstić information content (AvgIpc) is 3.38. The Morgan fingerprint density at radius 1 is 0.278 bits per heavy atom. The molecule has 0 amide bonds. The molecule has 0 spiro atoms. The summed E-state index contributed by atoms with van der Waals surface area (Å²) in [6, 6.07) is 0. The van der Waals surface area contributed by atoms with E-state index in [-0.39, 0.29) is 31.1 Å². The molecule has 0 rings (SSSR count). The van der Waals surface area contributed by atoms with Gasteiger partial charge in [0.15, 0.2) is 6.10 Å². The molecule has 0 N–H and O–H groups in total. The molecule has 1 unspecified atom stereocenters. The van der Waals surface area contributed by atoms with Gasteiger partial charge in [0.1, 0.15) is 13.2 Å². The van der Waals surface area contributed by atoms with Crippen molar-refractivity contribution in [1.82, 2.24) is 0 Å². The Hall–Kier alpha value is -2.37. The summed E-state index contributed by atoms with van der Waals surface area (Å²) < 4.78 is 16.9. The number of hydrogen-bond acceptors (Lipinski definition) is 6. The van der Waals surface area contributed by atoms with Crippen molar-refractivity contribution in [3.63, 3.8) is 0 Å². The van der Waals surface area contributed by atoms with Crippen LogP contribution in [0.3, 0.4) is 0 Å². The van der Waals surface area contributed by atoms with Crippen LogP contribution in [0.15, 0.2) is 36.5 Å². The fourth-order valence-corrected chi connectivity index (χ4v) is 9.53. The summed E-state index contributed by atoms with van der Waals surface area (Å²) in [6.45, 7) is 6.67. The van der Waals surface area contributed by atoms with Gasteiger partial charge in [0.25, 0.3) is 0 Å². The Bertz CT molecular complexity index is 1210. The minimum Gasteiger partial charge on any atom is -0.462 e. The van der Waals surface area contributed by atoms with E-state index in [0.29, 0.717) is 19.3 Å². The summed E-state index contributed by atoms with van der Waals surface area (Å²) in [4.78, 5) is 38.3. The van der Waals surface area contributed by atoms with E-state index in [2.05, 4.69) is 57.2 Å². The van der Waals surface area contributed by atoms with Crippen LogP contribution in [0.25, 0.3) is 0 Å².